The molecule has 1 aliphatic heterocycles. The Balaban J connectivity index is 1.91. The van der Waals surface area contributed by atoms with Crippen LogP contribution in [0.25, 0.3) is 0 Å². The van der Waals surface area contributed by atoms with Gasteiger partial charge < -0.3 is 39.6 Å². The second kappa shape index (κ2) is 15.2. The largest absolute Gasteiger partial charge is 0.394 e. The Bertz CT molecular complexity index is 1050. The zero-order chi connectivity index (χ0) is 28.5. The number of carbonyl (C=O) groups is 1. The summed E-state index contributed by atoms with van der Waals surface area (Å²) in [6.07, 6.45) is -3.43. The fourth-order valence-corrected chi connectivity index (χ4v) is 5.28. The maximum atomic E-state index is 11.8. The van der Waals surface area contributed by atoms with Crippen molar-refractivity contribution < 1.29 is 34.7 Å². The number of hydrogen-bond acceptors (Lipinski definition) is 8. The molecule has 0 saturated carbocycles. The molecular formula is C30H42ClNO7. The third-order valence-corrected chi connectivity index (χ3v) is 7.86. The molecule has 0 amide bonds. The van der Waals surface area contributed by atoms with Crippen molar-refractivity contribution in [3.63, 3.8) is 0 Å². The molecule has 2 unspecified atom stereocenters. The molecule has 216 valence electrons. The maximum Gasteiger partial charge on any atom is 0.128 e. The summed E-state index contributed by atoms with van der Waals surface area (Å²) < 4.78 is 11.8. The molecule has 9 heteroatoms. The van der Waals surface area contributed by atoms with Crippen LogP contribution in [-0.4, -0.2) is 88.9 Å². The van der Waals surface area contributed by atoms with Crippen molar-refractivity contribution in [2.24, 2.45) is 5.92 Å². The average Bonchev–Trinajstić information content (AvgIpc) is 2.94. The van der Waals surface area contributed by atoms with Crippen LogP contribution in [0.2, 0.25) is 5.02 Å². The summed E-state index contributed by atoms with van der Waals surface area (Å²) in [4.78, 5) is 13.9. The van der Waals surface area contributed by atoms with Crippen molar-refractivity contribution in [1.82, 2.24) is 4.90 Å². The highest BCUT2D eigenvalue weighted by Crippen LogP contribution is 2.38. The van der Waals surface area contributed by atoms with Gasteiger partial charge in [-0.25, -0.2) is 0 Å². The summed E-state index contributed by atoms with van der Waals surface area (Å²) in [6.45, 7) is 7.96. The first-order valence-corrected chi connectivity index (χ1v) is 14.1. The minimum atomic E-state index is -1.34. The highest BCUT2D eigenvalue weighted by atomic mass is 35.5. The lowest BCUT2D eigenvalue weighted by Crippen LogP contribution is -2.52. The molecule has 1 heterocycles. The van der Waals surface area contributed by atoms with Crippen molar-refractivity contribution in [2.45, 2.75) is 70.7 Å². The zero-order valence-electron chi connectivity index (χ0n) is 23.0. The van der Waals surface area contributed by atoms with Crippen LogP contribution in [0.3, 0.4) is 0 Å². The smallest absolute Gasteiger partial charge is 0.128 e. The van der Waals surface area contributed by atoms with Crippen LogP contribution in [-0.2, 0) is 33.7 Å². The average molecular weight is 564 g/mol. The van der Waals surface area contributed by atoms with Gasteiger partial charge >= 0.3 is 0 Å². The molecular weight excluding hydrogens is 522 g/mol. The summed E-state index contributed by atoms with van der Waals surface area (Å²) >= 11 is 6.72. The minimum Gasteiger partial charge on any atom is -0.394 e. The number of aryl methyl sites for hydroxylation is 1. The molecule has 2 aromatic rings. The van der Waals surface area contributed by atoms with Gasteiger partial charge in [-0.1, -0.05) is 62.7 Å². The molecule has 6 atom stereocenters. The van der Waals surface area contributed by atoms with Crippen molar-refractivity contribution in [2.75, 3.05) is 32.8 Å². The molecule has 2 aromatic carbocycles. The monoisotopic (exact) mass is 563 g/mol. The van der Waals surface area contributed by atoms with E-state index in [-0.39, 0.29) is 13.2 Å². The Kier molecular flexibility index (Phi) is 12.3. The quantitative estimate of drug-likeness (QED) is 0.259. The standard InChI is InChI=1S/C30H42ClNO7/c1-4-19-7-9-20(10-8-19)11-21-12-24(30-29(37)25(15-33)28(36)27(16-34)39-30)22(13-26(21)31)17-38-18-23(35)14-32(5-2)6-3/h7-10,12-13,15,23,25,27-30,34-37H,4-6,11,14,16-18H2,1-3H3/t23-,25?,27?,28+,29-,30+/m1/s1. The highest BCUT2D eigenvalue weighted by molar-refractivity contribution is 6.31. The van der Waals surface area contributed by atoms with Gasteiger partial charge in [0.15, 0.2) is 0 Å². The van der Waals surface area contributed by atoms with Gasteiger partial charge in [0, 0.05) is 11.6 Å². The molecule has 0 radical (unpaired) electrons. The van der Waals surface area contributed by atoms with Crippen LogP contribution >= 0.6 is 11.6 Å². The fourth-order valence-electron chi connectivity index (χ4n) is 5.02. The van der Waals surface area contributed by atoms with Crippen LogP contribution in [0.4, 0.5) is 0 Å². The highest BCUT2D eigenvalue weighted by Gasteiger charge is 2.45. The van der Waals surface area contributed by atoms with Crippen molar-refractivity contribution in [1.29, 1.82) is 0 Å². The summed E-state index contributed by atoms with van der Waals surface area (Å²) in [5.74, 6) is -1.13. The number of likely N-dealkylation sites (N-methyl/N-ethyl adjacent to an activating group) is 1. The topological polar surface area (TPSA) is 120 Å². The third kappa shape index (κ3) is 8.08. The van der Waals surface area contributed by atoms with Crippen LogP contribution in [0.5, 0.6) is 0 Å². The predicted molar refractivity (Wildman–Crippen MR) is 150 cm³/mol. The lowest BCUT2D eigenvalue weighted by atomic mass is 9.83. The first-order valence-electron chi connectivity index (χ1n) is 13.7. The number of halogens is 1. The van der Waals surface area contributed by atoms with Gasteiger partial charge in [-0.2, -0.15) is 0 Å². The van der Waals surface area contributed by atoms with E-state index in [9.17, 15) is 25.2 Å². The van der Waals surface area contributed by atoms with Crippen molar-refractivity contribution in [3.8, 4) is 0 Å². The molecule has 1 aliphatic rings. The van der Waals surface area contributed by atoms with E-state index in [1.807, 2.05) is 19.9 Å². The van der Waals surface area contributed by atoms with E-state index in [4.69, 9.17) is 21.1 Å². The normalized spacial score (nSPS) is 24.2. The van der Waals surface area contributed by atoms with E-state index in [0.717, 1.165) is 30.6 Å². The summed E-state index contributed by atoms with van der Waals surface area (Å²) in [7, 11) is 0. The molecule has 4 N–H and O–H groups in total. The Morgan fingerprint density at radius 1 is 1.05 bits per heavy atom. The number of hydrogen-bond donors (Lipinski definition) is 4. The number of rotatable bonds is 14. The van der Waals surface area contributed by atoms with E-state index in [1.165, 1.54) is 5.56 Å². The molecule has 1 fully saturated rings. The van der Waals surface area contributed by atoms with Crippen LogP contribution in [0, 0.1) is 5.92 Å². The van der Waals surface area contributed by atoms with Gasteiger partial charge in [0.1, 0.15) is 18.5 Å². The molecule has 39 heavy (non-hydrogen) atoms. The zero-order valence-corrected chi connectivity index (χ0v) is 23.8. The number of aldehydes is 1. The molecule has 0 aromatic heterocycles. The first kappa shape index (κ1) is 31.6. The van der Waals surface area contributed by atoms with Crippen LogP contribution in [0.15, 0.2) is 36.4 Å². The second-order valence-electron chi connectivity index (χ2n) is 10.1. The van der Waals surface area contributed by atoms with Crippen molar-refractivity contribution in [3.05, 3.63) is 69.2 Å². The molecule has 0 aliphatic carbocycles. The summed E-state index contributed by atoms with van der Waals surface area (Å²) in [6, 6.07) is 11.8. The summed E-state index contributed by atoms with van der Waals surface area (Å²) in [5, 5.41) is 42.2. The number of carbonyl (C=O) groups excluding carboxylic acids is 1. The molecule has 3 rings (SSSR count). The van der Waals surface area contributed by atoms with E-state index in [1.54, 1.807) is 6.07 Å². The number of aliphatic hydroxyl groups is 4. The molecule has 8 nitrogen and oxygen atoms in total. The van der Waals surface area contributed by atoms with Gasteiger partial charge in [-0.15, -0.1) is 0 Å². The fraction of sp³-hybridized carbons (Fsp3) is 0.567. The number of nitrogens with zero attached hydrogens (tertiary/aromatic N) is 1. The molecule has 0 spiro atoms. The SMILES string of the molecule is CCc1ccc(Cc2cc([C@@H]3OC(CO)[C@@H](O)C(C=O)[C@H]3O)c(COC[C@H](O)CN(CC)CC)cc2Cl)cc1. The Hall–Kier alpha value is -1.88. The number of ether oxygens (including phenoxy) is 2. The second-order valence-corrected chi connectivity index (χ2v) is 10.5. The van der Waals surface area contributed by atoms with Gasteiger partial charge in [-0.05, 0) is 59.8 Å². The maximum absolute atomic E-state index is 11.8. The Morgan fingerprint density at radius 3 is 2.31 bits per heavy atom. The Labute approximate surface area is 236 Å². The van der Waals surface area contributed by atoms with Gasteiger partial charge in [0.25, 0.3) is 0 Å². The van der Waals surface area contributed by atoms with Gasteiger partial charge in [0.05, 0.1) is 44.1 Å². The lowest BCUT2D eigenvalue weighted by molar-refractivity contribution is -0.207. The summed E-state index contributed by atoms with van der Waals surface area (Å²) in [5.41, 5.74) is 4.27. The van der Waals surface area contributed by atoms with E-state index < -0.39 is 43.0 Å². The van der Waals surface area contributed by atoms with Gasteiger partial charge in [-0.3, -0.25) is 0 Å². The predicted octanol–water partition coefficient (Wildman–Crippen LogP) is 2.68. The van der Waals surface area contributed by atoms with E-state index in [2.05, 4.69) is 36.1 Å². The van der Waals surface area contributed by atoms with Crippen LogP contribution in [0.1, 0.15) is 54.7 Å². The molecule has 1 saturated heterocycles. The molecule has 0 bridgehead atoms. The lowest BCUT2D eigenvalue weighted by Gasteiger charge is -2.41. The first-order chi connectivity index (χ1) is 18.8. The number of aliphatic hydroxyl groups excluding tert-OH is 4. The minimum absolute atomic E-state index is 0.0839. The third-order valence-electron chi connectivity index (χ3n) is 7.51. The van der Waals surface area contributed by atoms with E-state index in [0.29, 0.717) is 35.4 Å². The van der Waals surface area contributed by atoms with Crippen molar-refractivity contribution >= 4 is 17.9 Å². The van der Waals surface area contributed by atoms with Gasteiger partial charge in [0.2, 0.25) is 0 Å². The number of benzene rings is 2. The van der Waals surface area contributed by atoms with Crippen LogP contribution < -0.4 is 0 Å². The Morgan fingerprint density at radius 2 is 1.72 bits per heavy atom. The van der Waals surface area contributed by atoms with E-state index >= 15 is 0 Å².